The maximum atomic E-state index is 10.6. The fraction of sp³-hybridized carbons (Fsp3) is 0.889. The van der Waals surface area contributed by atoms with Crippen molar-refractivity contribution in [1.82, 2.24) is 10.2 Å². The predicted octanol–water partition coefficient (Wildman–Crippen LogP) is 0.464. The van der Waals surface area contributed by atoms with Crippen molar-refractivity contribution in [3.63, 3.8) is 0 Å². The number of amides is 1. The number of rotatable bonds is 3. The van der Waals surface area contributed by atoms with Crippen LogP contribution >= 0.6 is 0 Å². The highest BCUT2D eigenvalue weighted by Gasteiger charge is 2.18. The van der Waals surface area contributed by atoms with Gasteiger partial charge in [0.15, 0.2) is 0 Å². The fourth-order valence-electron chi connectivity index (χ4n) is 1.71. The summed E-state index contributed by atoms with van der Waals surface area (Å²) in [7, 11) is 2.15. The molecule has 1 aliphatic heterocycles. The van der Waals surface area contributed by atoms with Gasteiger partial charge in [0.05, 0.1) is 0 Å². The summed E-state index contributed by atoms with van der Waals surface area (Å²) in [6.07, 6.45) is 2.42. The van der Waals surface area contributed by atoms with Crippen molar-refractivity contribution in [2.75, 3.05) is 26.7 Å². The zero-order valence-electron chi connectivity index (χ0n) is 7.97. The third-order valence-electron chi connectivity index (χ3n) is 2.42. The Morgan fingerprint density at radius 2 is 2.42 bits per heavy atom. The molecule has 0 aromatic rings. The van der Waals surface area contributed by atoms with E-state index in [1.54, 1.807) is 6.92 Å². The van der Waals surface area contributed by atoms with Crippen molar-refractivity contribution >= 4 is 5.91 Å². The number of carbonyl (C=O) groups is 1. The number of carbonyl (C=O) groups excluding carboxylic acids is 1. The third-order valence-corrected chi connectivity index (χ3v) is 2.42. The van der Waals surface area contributed by atoms with E-state index in [2.05, 4.69) is 17.3 Å². The maximum absolute atomic E-state index is 10.6. The van der Waals surface area contributed by atoms with Crippen LogP contribution in [-0.4, -0.2) is 37.5 Å². The van der Waals surface area contributed by atoms with Crippen LogP contribution in [0, 0.1) is 5.92 Å². The first-order valence-corrected chi connectivity index (χ1v) is 4.61. The van der Waals surface area contributed by atoms with E-state index < -0.39 is 0 Å². The predicted molar refractivity (Wildman–Crippen MR) is 48.9 cm³/mol. The smallest absolute Gasteiger partial charge is 0.216 e. The molecule has 1 saturated heterocycles. The number of nitrogens with one attached hydrogen (secondary N) is 1. The molecular formula is C9H18N2O. The Kier molecular flexibility index (Phi) is 3.53. The number of hydrogen-bond acceptors (Lipinski definition) is 2. The third kappa shape index (κ3) is 3.22. The molecule has 1 atom stereocenters. The molecule has 0 aromatic carbocycles. The van der Waals surface area contributed by atoms with Crippen LogP contribution in [0.25, 0.3) is 0 Å². The van der Waals surface area contributed by atoms with Gasteiger partial charge in [0.2, 0.25) is 5.91 Å². The lowest BCUT2D eigenvalue weighted by molar-refractivity contribution is -0.118. The summed E-state index contributed by atoms with van der Waals surface area (Å²) >= 11 is 0. The average molecular weight is 170 g/mol. The van der Waals surface area contributed by atoms with Crippen molar-refractivity contribution in [3.05, 3.63) is 0 Å². The zero-order chi connectivity index (χ0) is 8.97. The zero-order valence-corrected chi connectivity index (χ0v) is 7.97. The molecule has 0 saturated carbocycles. The molecule has 1 heterocycles. The van der Waals surface area contributed by atoms with E-state index in [0.29, 0.717) is 0 Å². The lowest BCUT2D eigenvalue weighted by Crippen LogP contribution is -2.23. The molecule has 0 aromatic heterocycles. The summed E-state index contributed by atoms with van der Waals surface area (Å²) in [5.74, 6) is 0.878. The molecule has 0 spiro atoms. The van der Waals surface area contributed by atoms with Gasteiger partial charge in [0.1, 0.15) is 0 Å². The van der Waals surface area contributed by atoms with Gasteiger partial charge in [-0.3, -0.25) is 4.79 Å². The van der Waals surface area contributed by atoms with E-state index in [0.717, 1.165) is 18.9 Å². The van der Waals surface area contributed by atoms with Crippen LogP contribution < -0.4 is 5.32 Å². The molecule has 3 nitrogen and oxygen atoms in total. The van der Waals surface area contributed by atoms with E-state index >= 15 is 0 Å². The number of likely N-dealkylation sites (tertiary alicyclic amines) is 1. The first-order valence-electron chi connectivity index (χ1n) is 4.61. The fourth-order valence-corrected chi connectivity index (χ4v) is 1.71. The molecule has 1 fully saturated rings. The summed E-state index contributed by atoms with van der Waals surface area (Å²) in [5, 5.41) is 2.83. The molecule has 3 heteroatoms. The summed E-state index contributed by atoms with van der Waals surface area (Å²) in [6, 6.07) is 0. The molecule has 1 amide bonds. The molecule has 0 aliphatic carbocycles. The van der Waals surface area contributed by atoms with Crippen molar-refractivity contribution in [3.8, 4) is 0 Å². The minimum absolute atomic E-state index is 0.0846. The van der Waals surface area contributed by atoms with Crippen molar-refractivity contribution in [2.24, 2.45) is 5.92 Å². The topological polar surface area (TPSA) is 32.3 Å². The van der Waals surface area contributed by atoms with Gasteiger partial charge in [0, 0.05) is 20.0 Å². The van der Waals surface area contributed by atoms with Gasteiger partial charge in [-0.1, -0.05) is 0 Å². The van der Waals surface area contributed by atoms with Crippen LogP contribution in [-0.2, 0) is 4.79 Å². The first-order chi connectivity index (χ1) is 5.68. The Morgan fingerprint density at radius 3 is 2.92 bits per heavy atom. The summed E-state index contributed by atoms with van der Waals surface area (Å²) in [4.78, 5) is 12.9. The average Bonchev–Trinajstić information content (AvgIpc) is 2.35. The second kappa shape index (κ2) is 4.45. The Labute approximate surface area is 74.1 Å². The largest absolute Gasteiger partial charge is 0.356 e. The number of nitrogens with zero attached hydrogens (tertiary/aromatic N) is 1. The molecule has 12 heavy (non-hydrogen) atoms. The van der Waals surface area contributed by atoms with Gasteiger partial charge in [0.25, 0.3) is 0 Å². The molecule has 1 unspecified atom stereocenters. The first kappa shape index (κ1) is 9.52. The monoisotopic (exact) mass is 170 g/mol. The van der Waals surface area contributed by atoms with Crippen LogP contribution in [0.4, 0.5) is 0 Å². The standard InChI is InChI=1S/C9H18N2O/c1-8(12)10-5-3-9-4-6-11(2)7-9/h9H,3-7H2,1-2H3,(H,10,12). The summed E-state index contributed by atoms with van der Waals surface area (Å²) < 4.78 is 0. The highest BCUT2D eigenvalue weighted by Crippen LogP contribution is 2.16. The van der Waals surface area contributed by atoms with Crippen LogP contribution in [0.5, 0.6) is 0 Å². The van der Waals surface area contributed by atoms with Gasteiger partial charge < -0.3 is 10.2 Å². The maximum Gasteiger partial charge on any atom is 0.216 e. The van der Waals surface area contributed by atoms with Crippen molar-refractivity contribution in [1.29, 1.82) is 0 Å². The number of hydrogen-bond donors (Lipinski definition) is 1. The van der Waals surface area contributed by atoms with Crippen LogP contribution in [0.3, 0.4) is 0 Å². The molecule has 0 bridgehead atoms. The summed E-state index contributed by atoms with van der Waals surface area (Å²) in [5.41, 5.74) is 0. The Hall–Kier alpha value is -0.570. The van der Waals surface area contributed by atoms with Gasteiger partial charge in [-0.05, 0) is 32.4 Å². The Morgan fingerprint density at radius 1 is 1.67 bits per heavy atom. The Bertz CT molecular complexity index is 159. The second-order valence-corrected chi connectivity index (χ2v) is 3.69. The minimum atomic E-state index is 0.0846. The molecule has 70 valence electrons. The molecule has 0 radical (unpaired) electrons. The quantitative estimate of drug-likeness (QED) is 0.667. The SMILES string of the molecule is CC(=O)NCCC1CCN(C)C1. The normalized spacial score (nSPS) is 24.3. The van der Waals surface area contributed by atoms with E-state index in [-0.39, 0.29) is 5.91 Å². The highest BCUT2D eigenvalue weighted by atomic mass is 16.1. The van der Waals surface area contributed by atoms with Gasteiger partial charge in [-0.15, -0.1) is 0 Å². The molecule has 1 N–H and O–H groups in total. The van der Waals surface area contributed by atoms with E-state index in [9.17, 15) is 4.79 Å². The second-order valence-electron chi connectivity index (χ2n) is 3.69. The lowest BCUT2D eigenvalue weighted by Gasteiger charge is -2.09. The Balaban J connectivity index is 2.04. The van der Waals surface area contributed by atoms with Crippen LogP contribution in [0.1, 0.15) is 19.8 Å². The van der Waals surface area contributed by atoms with Gasteiger partial charge in [-0.2, -0.15) is 0 Å². The van der Waals surface area contributed by atoms with Gasteiger partial charge in [-0.25, -0.2) is 0 Å². The van der Waals surface area contributed by atoms with Crippen LogP contribution in [0.2, 0.25) is 0 Å². The molecular weight excluding hydrogens is 152 g/mol. The molecule has 1 aliphatic rings. The van der Waals surface area contributed by atoms with Crippen molar-refractivity contribution in [2.45, 2.75) is 19.8 Å². The lowest BCUT2D eigenvalue weighted by atomic mass is 10.1. The van der Waals surface area contributed by atoms with E-state index in [4.69, 9.17) is 0 Å². The molecule has 1 rings (SSSR count). The highest BCUT2D eigenvalue weighted by molar-refractivity contribution is 5.72. The van der Waals surface area contributed by atoms with E-state index in [1.807, 2.05) is 0 Å². The minimum Gasteiger partial charge on any atom is -0.356 e. The summed E-state index contributed by atoms with van der Waals surface area (Å²) in [6.45, 7) is 4.82. The van der Waals surface area contributed by atoms with Gasteiger partial charge >= 0.3 is 0 Å². The van der Waals surface area contributed by atoms with Crippen LogP contribution in [0.15, 0.2) is 0 Å². The van der Waals surface area contributed by atoms with E-state index in [1.165, 1.54) is 19.5 Å². The van der Waals surface area contributed by atoms with Crippen molar-refractivity contribution < 1.29 is 4.79 Å².